The Kier molecular flexibility index (Phi) is 5.47. The quantitative estimate of drug-likeness (QED) is 0.442. The highest BCUT2D eigenvalue weighted by atomic mass is 32.2. The molecule has 1 saturated heterocycles. The van der Waals surface area contributed by atoms with Crippen LogP contribution in [0.2, 0.25) is 0 Å². The number of fused-ring (bicyclic) bond motifs is 1. The lowest BCUT2D eigenvalue weighted by Crippen LogP contribution is -2.44. The number of phenolic OH excluding ortho intramolecular Hbond substituents is 1. The molecule has 0 unspecified atom stereocenters. The van der Waals surface area contributed by atoms with Crippen LogP contribution in [0.1, 0.15) is 16.7 Å². The van der Waals surface area contributed by atoms with Crippen molar-refractivity contribution in [3.05, 3.63) is 74.2 Å². The molecule has 158 valence electrons. The molecular weight excluding hydrogens is 422 g/mol. The van der Waals surface area contributed by atoms with Crippen LogP contribution in [-0.4, -0.2) is 50.0 Å². The van der Waals surface area contributed by atoms with Gasteiger partial charge in [-0.2, -0.15) is 0 Å². The van der Waals surface area contributed by atoms with Crippen molar-refractivity contribution in [2.45, 2.75) is 13.0 Å². The largest absolute Gasteiger partial charge is 0.507 e. The minimum absolute atomic E-state index is 0.0161. The molecule has 3 amide bonds. The van der Waals surface area contributed by atoms with Crippen molar-refractivity contribution in [1.29, 1.82) is 0 Å². The third-order valence-electron chi connectivity index (χ3n) is 5.16. The van der Waals surface area contributed by atoms with E-state index in [1.807, 2.05) is 24.3 Å². The van der Waals surface area contributed by atoms with E-state index in [0.29, 0.717) is 31.3 Å². The Bertz CT molecular complexity index is 1150. The first-order valence-corrected chi connectivity index (χ1v) is 10.2. The number of rotatable bonds is 4. The number of carbonyl (C=O) groups is 3. The molecular formula is C21H17N3O6S. The van der Waals surface area contributed by atoms with Crippen LogP contribution in [0.4, 0.5) is 10.5 Å². The zero-order valence-electron chi connectivity index (χ0n) is 16.2. The molecule has 10 heteroatoms. The number of imide groups is 1. The number of carbonyl (C=O) groups excluding carboxylic acids is 3. The molecule has 1 N–H and O–H groups in total. The SMILES string of the molecule is O=C(CN1C(=O)S/C(=C\c2cc([N+](=O)[O-])ccc2O)C1=O)N1CCc2ccccc2C1. The minimum Gasteiger partial charge on any atom is -0.507 e. The number of nitrogens with zero attached hydrogens (tertiary/aromatic N) is 3. The molecule has 4 rings (SSSR count). The summed E-state index contributed by atoms with van der Waals surface area (Å²) >= 11 is 0.624. The molecule has 0 atom stereocenters. The second kappa shape index (κ2) is 8.23. The summed E-state index contributed by atoms with van der Waals surface area (Å²) in [6.07, 6.45) is 1.92. The predicted octanol–water partition coefficient (Wildman–Crippen LogP) is 2.92. The van der Waals surface area contributed by atoms with Gasteiger partial charge < -0.3 is 10.0 Å². The van der Waals surface area contributed by atoms with Crippen molar-refractivity contribution in [2.24, 2.45) is 0 Å². The number of hydrogen-bond donors (Lipinski definition) is 1. The number of amides is 3. The van der Waals surface area contributed by atoms with Crippen molar-refractivity contribution in [3.63, 3.8) is 0 Å². The van der Waals surface area contributed by atoms with E-state index in [1.165, 1.54) is 11.6 Å². The molecule has 0 aromatic heterocycles. The molecule has 2 aromatic carbocycles. The van der Waals surface area contributed by atoms with Gasteiger partial charge in [-0.3, -0.25) is 29.4 Å². The van der Waals surface area contributed by atoms with E-state index >= 15 is 0 Å². The van der Waals surface area contributed by atoms with E-state index in [0.717, 1.165) is 28.7 Å². The van der Waals surface area contributed by atoms with Gasteiger partial charge in [0.1, 0.15) is 12.3 Å². The average Bonchev–Trinajstić information content (AvgIpc) is 3.02. The van der Waals surface area contributed by atoms with Crippen molar-refractivity contribution < 1.29 is 24.4 Å². The summed E-state index contributed by atoms with van der Waals surface area (Å²) in [5, 5.41) is 20.3. The second-order valence-electron chi connectivity index (χ2n) is 7.10. The van der Waals surface area contributed by atoms with E-state index < -0.39 is 16.1 Å². The molecule has 2 aliphatic rings. The maximum absolute atomic E-state index is 12.7. The van der Waals surface area contributed by atoms with Crippen LogP contribution < -0.4 is 0 Å². The lowest BCUT2D eigenvalue weighted by atomic mass is 10.00. The van der Waals surface area contributed by atoms with Crippen molar-refractivity contribution in [1.82, 2.24) is 9.80 Å². The minimum atomic E-state index is -0.674. The van der Waals surface area contributed by atoms with Gasteiger partial charge in [-0.05, 0) is 41.5 Å². The van der Waals surface area contributed by atoms with Gasteiger partial charge in [-0.25, -0.2) is 0 Å². The molecule has 0 spiro atoms. The maximum atomic E-state index is 12.7. The first-order valence-electron chi connectivity index (χ1n) is 9.41. The van der Waals surface area contributed by atoms with E-state index in [4.69, 9.17) is 0 Å². The van der Waals surface area contributed by atoms with E-state index in [2.05, 4.69) is 0 Å². The normalized spacial score (nSPS) is 17.2. The van der Waals surface area contributed by atoms with Crippen LogP contribution >= 0.6 is 11.8 Å². The van der Waals surface area contributed by atoms with Crippen molar-refractivity contribution in [2.75, 3.05) is 13.1 Å². The molecule has 2 heterocycles. The summed E-state index contributed by atoms with van der Waals surface area (Å²) in [6, 6.07) is 11.2. The predicted molar refractivity (Wildman–Crippen MR) is 113 cm³/mol. The van der Waals surface area contributed by atoms with Gasteiger partial charge in [-0.15, -0.1) is 0 Å². The highest BCUT2D eigenvalue weighted by Crippen LogP contribution is 2.35. The smallest absolute Gasteiger partial charge is 0.294 e. The van der Waals surface area contributed by atoms with Gasteiger partial charge in [0, 0.05) is 30.8 Å². The average molecular weight is 439 g/mol. The lowest BCUT2D eigenvalue weighted by molar-refractivity contribution is -0.384. The standard InChI is InChI=1S/C21H17N3O6S/c25-17-6-5-16(24(29)30)9-15(17)10-18-20(27)23(21(28)31-18)12-19(26)22-8-7-13-3-1-2-4-14(13)11-22/h1-6,9-10,25H,7-8,11-12H2/b18-10-. The Labute approximate surface area is 181 Å². The van der Waals surface area contributed by atoms with Gasteiger partial charge in [0.25, 0.3) is 16.8 Å². The molecule has 1 fully saturated rings. The summed E-state index contributed by atoms with van der Waals surface area (Å²) in [4.78, 5) is 50.5. The third-order valence-corrected chi connectivity index (χ3v) is 6.07. The van der Waals surface area contributed by atoms with Gasteiger partial charge in [0.15, 0.2) is 0 Å². The molecule has 9 nitrogen and oxygen atoms in total. The Balaban J connectivity index is 1.49. The van der Waals surface area contributed by atoms with Gasteiger partial charge >= 0.3 is 0 Å². The highest BCUT2D eigenvalue weighted by Gasteiger charge is 2.37. The van der Waals surface area contributed by atoms with Crippen LogP contribution in [0.15, 0.2) is 47.4 Å². The number of thioether (sulfide) groups is 1. The molecule has 0 radical (unpaired) electrons. The van der Waals surface area contributed by atoms with E-state index in [9.17, 15) is 29.6 Å². The molecule has 2 aliphatic heterocycles. The fourth-order valence-electron chi connectivity index (χ4n) is 3.49. The monoisotopic (exact) mass is 439 g/mol. The van der Waals surface area contributed by atoms with Crippen LogP contribution in [-0.2, 0) is 22.6 Å². The first kappa shape index (κ1) is 20.6. The van der Waals surface area contributed by atoms with Crippen LogP contribution in [0.3, 0.4) is 0 Å². The number of nitro benzene ring substituents is 1. The summed E-state index contributed by atoms with van der Waals surface area (Å²) in [5.74, 6) is -1.27. The Hall–Kier alpha value is -3.66. The van der Waals surface area contributed by atoms with Gasteiger partial charge in [0.05, 0.1) is 9.83 Å². The summed E-state index contributed by atoms with van der Waals surface area (Å²) in [6.45, 7) is 0.539. The number of hydrogen-bond acceptors (Lipinski definition) is 7. The zero-order chi connectivity index (χ0) is 22.1. The fourth-order valence-corrected chi connectivity index (χ4v) is 4.32. The van der Waals surface area contributed by atoms with Crippen LogP contribution in [0.5, 0.6) is 5.75 Å². The Morgan fingerprint density at radius 1 is 1.19 bits per heavy atom. The second-order valence-corrected chi connectivity index (χ2v) is 8.10. The van der Waals surface area contributed by atoms with E-state index in [1.54, 1.807) is 4.90 Å². The molecule has 0 saturated carbocycles. The zero-order valence-corrected chi connectivity index (χ0v) is 17.0. The van der Waals surface area contributed by atoms with Crippen molar-refractivity contribution >= 4 is 40.6 Å². The summed E-state index contributed by atoms with van der Waals surface area (Å²) in [5.41, 5.74) is 2.00. The molecule has 0 aliphatic carbocycles. The Morgan fingerprint density at radius 2 is 1.94 bits per heavy atom. The lowest BCUT2D eigenvalue weighted by Gasteiger charge is -2.29. The van der Waals surface area contributed by atoms with Crippen LogP contribution in [0.25, 0.3) is 6.08 Å². The maximum Gasteiger partial charge on any atom is 0.294 e. The summed E-state index contributed by atoms with van der Waals surface area (Å²) < 4.78 is 0. The van der Waals surface area contributed by atoms with Gasteiger partial charge in [-0.1, -0.05) is 24.3 Å². The fraction of sp³-hybridized carbons (Fsp3) is 0.190. The van der Waals surface area contributed by atoms with Crippen LogP contribution in [0, 0.1) is 10.1 Å². The van der Waals surface area contributed by atoms with Crippen molar-refractivity contribution in [3.8, 4) is 5.75 Å². The number of benzene rings is 2. The molecule has 0 bridgehead atoms. The number of nitro groups is 1. The first-order chi connectivity index (χ1) is 14.8. The number of aromatic hydroxyl groups is 1. The topological polar surface area (TPSA) is 121 Å². The molecule has 31 heavy (non-hydrogen) atoms. The third kappa shape index (κ3) is 4.15. The number of non-ortho nitro benzene ring substituents is 1. The van der Waals surface area contributed by atoms with E-state index in [-0.39, 0.29) is 34.4 Å². The highest BCUT2D eigenvalue weighted by molar-refractivity contribution is 8.18. The van der Waals surface area contributed by atoms with Gasteiger partial charge in [0.2, 0.25) is 5.91 Å². The summed E-state index contributed by atoms with van der Waals surface area (Å²) in [7, 11) is 0. The Morgan fingerprint density at radius 3 is 2.68 bits per heavy atom. The molecule has 2 aromatic rings. The number of phenols is 1.